The van der Waals surface area contributed by atoms with Crippen LogP contribution in [0.25, 0.3) is 0 Å². The number of hydrogen-bond donors (Lipinski definition) is 1. The van der Waals surface area contributed by atoms with Crippen molar-refractivity contribution in [1.82, 2.24) is 0 Å². The van der Waals surface area contributed by atoms with E-state index < -0.39 is 0 Å². The lowest BCUT2D eigenvalue weighted by molar-refractivity contribution is -0.133. The third kappa shape index (κ3) is 1.65. The quantitative estimate of drug-likeness (QED) is 0.639. The molecular formula is C13H13BrN2O2. The predicted molar refractivity (Wildman–Crippen MR) is 71.9 cm³/mol. The van der Waals surface area contributed by atoms with Crippen molar-refractivity contribution in [1.29, 1.82) is 0 Å². The number of halogens is 1. The topological polar surface area (TPSA) is 63.4 Å². The van der Waals surface area contributed by atoms with Gasteiger partial charge in [-0.25, -0.2) is 4.90 Å². The molecule has 2 atom stereocenters. The van der Waals surface area contributed by atoms with Crippen LogP contribution >= 0.6 is 15.9 Å². The van der Waals surface area contributed by atoms with Crippen molar-refractivity contribution in [3.63, 3.8) is 0 Å². The number of amides is 2. The third-order valence-electron chi connectivity index (χ3n) is 3.78. The van der Waals surface area contributed by atoms with E-state index >= 15 is 0 Å². The summed E-state index contributed by atoms with van der Waals surface area (Å²) in [6.45, 7) is 0. The van der Waals surface area contributed by atoms with Gasteiger partial charge in [0.2, 0.25) is 11.8 Å². The number of imide groups is 1. The largest absolute Gasteiger partial charge is 0.399 e. The smallest absolute Gasteiger partial charge is 0.236 e. The zero-order valence-corrected chi connectivity index (χ0v) is 11.3. The lowest BCUT2D eigenvalue weighted by atomic mass is 9.96. The fourth-order valence-corrected chi connectivity index (χ4v) is 3.42. The van der Waals surface area contributed by atoms with E-state index in [-0.39, 0.29) is 23.7 Å². The maximum Gasteiger partial charge on any atom is 0.236 e. The zero-order chi connectivity index (χ0) is 12.9. The molecule has 0 aromatic heterocycles. The van der Waals surface area contributed by atoms with Crippen molar-refractivity contribution in [3.05, 3.63) is 22.7 Å². The maximum absolute atomic E-state index is 12.3. The van der Waals surface area contributed by atoms with Crippen LogP contribution in [0.15, 0.2) is 22.7 Å². The van der Waals surface area contributed by atoms with Crippen molar-refractivity contribution in [2.45, 2.75) is 19.3 Å². The van der Waals surface area contributed by atoms with Gasteiger partial charge in [0.05, 0.1) is 5.69 Å². The summed E-state index contributed by atoms with van der Waals surface area (Å²) in [6.07, 6.45) is 2.39. The number of fused-ring (bicyclic) bond motifs is 2. The first-order valence-corrected chi connectivity index (χ1v) is 6.80. The number of benzene rings is 1. The van der Waals surface area contributed by atoms with Crippen molar-refractivity contribution >= 4 is 39.1 Å². The Hall–Kier alpha value is -1.36. The highest BCUT2D eigenvalue weighted by molar-refractivity contribution is 9.10. The number of nitrogen functional groups attached to an aromatic ring is 1. The summed E-state index contributed by atoms with van der Waals surface area (Å²) in [5.41, 5.74) is 6.88. The third-order valence-corrected chi connectivity index (χ3v) is 4.42. The standard InChI is InChI=1S/C13H13BrN2O2/c14-10-6-9(15)3-4-11(10)16-12(17)7-1-2-8(5-7)13(16)18/h3-4,6-8H,1-2,5,15H2. The van der Waals surface area contributed by atoms with Crippen LogP contribution in [0.5, 0.6) is 0 Å². The number of nitrogens with zero attached hydrogens (tertiary/aromatic N) is 1. The Bertz CT molecular complexity index is 522. The van der Waals surface area contributed by atoms with Crippen molar-refractivity contribution < 1.29 is 9.59 Å². The summed E-state index contributed by atoms with van der Waals surface area (Å²) < 4.78 is 0.686. The number of piperidine rings is 1. The van der Waals surface area contributed by atoms with Gasteiger partial charge in [-0.05, 0) is 53.4 Å². The lowest BCUT2D eigenvalue weighted by Crippen LogP contribution is -2.46. The minimum Gasteiger partial charge on any atom is -0.399 e. The van der Waals surface area contributed by atoms with Crippen LogP contribution < -0.4 is 10.6 Å². The molecule has 3 rings (SSSR count). The average molecular weight is 309 g/mol. The molecule has 2 bridgehead atoms. The van der Waals surface area contributed by atoms with E-state index in [1.54, 1.807) is 18.2 Å². The molecule has 2 amide bonds. The fraction of sp³-hybridized carbons (Fsp3) is 0.385. The van der Waals surface area contributed by atoms with Gasteiger partial charge in [0, 0.05) is 22.0 Å². The zero-order valence-electron chi connectivity index (χ0n) is 9.73. The van der Waals surface area contributed by atoms with Gasteiger partial charge in [-0.2, -0.15) is 0 Å². The summed E-state index contributed by atoms with van der Waals surface area (Å²) in [6, 6.07) is 5.14. The summed E-state index contributed by atoms with van der Waals surface area (Å²) >= 11 is 3.37. The molecule has 1 aromatic rings. The molecule has 0 radical (unpaired) electrons. The van der Waals surface area contributed by atoms with Crippen LogP contribution in [-0.2, 0) is 9.59 Å². The van der Waals surface area contributed by atoms with Gasteiger partial charge >= 0.3 is 0 Å². The summed E-state index contributed by atoms with van der Waals surface area (Å²) in [5, 5.41) is 0. The molecule has 1 saturated heterocycles. The Kier molecular flexibility index (Phi) is 2.66. The second kappa shape index (κ2) is 4.09. The van der Waals surface area contributed by atoms with Gasteiger partial charge in [-0.1, -0.05) is 0 Å². The molecule has 0 spiro atoms. The van der Waals surface area contributed by atoms with E-state index in [2.05, 4.69) is 15.9 Å². The van der Waals surface area contributed by atoms with Crippen LogP contribution in [0.2, 0.25) is 0 Å². The van der Waals surface area contributed by atoms with Crippen LogP contribution in [-0.4, -0.2) is 11.8 Å². The molecule has 2 unspecified atom stereocenters. The summed E-state index contributed by atoms with van der Waals surface area (Å²) in [7, 11) is 0. The Morgan fingerprint density at radius 1 is 1.17 bits per heavy atom. The van der Waals surface area contributed by atoms with Crippen molar-refractivity contribution in [2.24, 2.45) is 11.8 Å². The number of nitrogens with two attached hydrogens (primary N) is 1. The Labute approximate surface area is 113 Å². The molecule has 1 aromatic carbocycles. The normalized spacial score (nSPS) is 26.8. The first-order chi connectivity index (χ1) is 8.58. The van der Waals surface area contributed by atoms with Crippen LogP contribution in [0, 0.1) is 11.8 Å². The SMILES string of the molecule is Nc1ccc(N2C(=O)C3CCC(C3)C2=O)c(Br)c1. The first kappa shape index (κ1) is 11.7. The van der Waals surface area contributed by atoms with Gasteiger partial charge in [0.1, 0.15) is 0 Å². The fourth-order valence-electron chi connectivity index (χ4n) is 2.85. The van der Waals surface area contributed by atoms with Gasteiger partial charge in [0.15, 0.2) is 0 Å². The molecule has 5 heteroatoms. The van der Waals surface area contributed by atoms with E-state index in [9.17, 15) is 9.59 Å². The molecule has 1 aliphatic heterocycles. The minimum absolute atomic E-state index is 0.0113. The van der Waals surface area contributed by atoms with Crippen LogP contribution in [0.3, 0.4) is 0 Å². The highest BCUT2D eigenvalue weighted by Gasteiger charge is 2.46. The summed E-state index contributed by atoms with van der Waals surface area (Å²) in [5.74, 6) is -0.118. The molecule has 2 aliphatic rings. The summed E-state index contributed by atoms with van der Waals surface area (Å²) in [4.78, 5) is 25.9. The van der Waals surface area contributed by atoms with Crippen molar-refractivity contribution in [3.8, 4) is 0 Å². The second-order valence-corrected chi connectivity index (χ2v) is 5.78. The molecular weight excluding hydrogens is 296 g/mol. The Morgan fingerprint density at radius 3 is 2.33 bits per heavy atom. The number of anilines is 2. The number of carbonyl (C=O) groups is 2. The molecule has 94 valence electrons. The van der Waals surface area contributed by atoms with Gasteiger partial charge in [-0.3, -0.25) is 9.59 Å². The first-order valence-electron chi connectivity index (χ1n) is 6.01. The van der Waals surface area contributed by atoms with Gasteiger partial charge < -0.3 is 5.73 Å². The molecule has 2 N–H and O–H groups in total. The monoisotopic (exact) mass is 308 g/mol. The Morgan fingerprint density at radius 2 is 1.78 bits per heavy atom. The number of carbonyl (C=O) groups excluding carboxylic acids is 2. The minimum atomic E-state index is -0.0702. The van der Waals surface area contributed by atoms with Crippen LogP contribution in [0.1, 0.15) is 19.3 Å². The van der Waals surface area contributed by atoms with Gasteiger partial charge in [-0.15, -0.1) is 0 Å². The highest BCUT2D eigenvalue weighted by atomic mass is 79.9. The maximum atomic E-state index is 12.3. The number of rotatable bonds is 1. The molecule has 4 nitrogen and oxygen atoms in total. The molecule has 1 heterocycles. The van der Waals surface area contributed by atoms with Crippen molar-refractivity contribution in [2.75, 3.05) is 10.6 Å². The average Bonchev–Trinajstić information content (AvgIpc) is 2.76. The van der Waals surface area contributed by atoms with E-state index in [1.165, 1.54) is 4.90 Å². The lowest BCUT2D eigenvalue weighted by Gasteiger charge is -2.30. The molecule has 1 aliphatic carbocycles. The number of hydrogen-bond acceptors (Lipinski definition) is 3. The van der Waals surface area contributed by atoms with E-state index in [1.807, 2.05) is 0 Å². The van der Waals surface area contributed by atoms with Gasteiger partial charge in [0.25, 0.3) is 0 Å². The molecule has 1 saturated carbocycles. The Balaban J connectivity index is 2.05. The van der Waals surface area contributed by atoms with E-state index in [4.69, 9.17) is 5.73 Å². The van der Waals surface area contributed by atoms with Crippen LogP contribution in [0.4, 0.5) is 11.4 Å². The van der Waals surface area contributed by atoms with E-state index in [0.717, 1.165) is 19.3 Å². The predicted octanol–water partition coefficient (Wildman–Crippen LogP) is 2.32. The van der Waals surface area contributed by atoms with E-state index in [0.29, 0.717) is 15.8 Å². The second-order valence-electron chi connectivity index (χ2n) is 4.93. The highest BCUT2D eigenvalue weighted by Crippen LogP contribution is 2.41. The molecule has 2 fully saturated rings. The molecule has 18 heavy (non-hydrogen) atoms.